The van der Waals surface area contributed by atoms with Gasteiger partial charge in [-0.2, -0.15) is 4.98 Å². The van der Waals surface area contributed by atoms with Gasteiger partial charge in [0.25, 0.3) is 0 Å². The molecule has 1 fully saturated rings. The normalized spacial score (nSPS) is 14.6. The van der Waals surface area contributed by atoms with Crippen LogP contribution in [0.5, 0.6) is 6.01 Å². The van der Waals surface area contributed by atoms with Crippen LogP contribution in [0.2, 0.25) is 0 Å². The summed E-state index contributed by atoms with van der Waals surface area (Å²) in [5, 5.41) is 9.40. The monoisotopic (exact) mass is 592 g/mol. The Morgan fingerprint density at radius 3 is 2.51 bits per heavy atom. The molecule has 1 N–H and O–H groups in total. The van der Waals surface area contributed by atoms with E-state index in [1.54, 1.807) is 23.6 Å². The predicted molar refractivity (Wildman–Crippen MR) is 147 cm³/mol. The SMILES string of the molecule is Cc1ccc(COc2nccc(-c3cc(F)c(Cc4nc5c(F)cc(C(=O)O)cc5n4C[C@@H]4CCO4)cc3F)n2)c(F)c1. The van der Waals surface area contributed by atoms with Gasteiger partial charge in [0.2, 0.25) is 0 Å². The molecule has 12 heteroatoms. The van der Waals surface area contributed by atoms with E-state index in [1.165, 1.54) is 24.4 Å². The summed E-state index contributed by atoms with van der Waals surface area (Å²) in [6.07, 6.45) is 1.65. The molecule has 0 amide bonds. The van der Waals surface area contributed by atoms with Crippen LogP contribution in [-0.2, 0) is 24.3 Å². The third-order valence-electron chi connectivity index (χ3n) is 7.27. The number of fused-ring (bicyclic) bond motifs is 1. The molecular weight excluding hydrogens is 568 g/mol. The minimum atomic E-state index is -1.31. The highest BCUT2D eigenvalue weighted by molar-refractivity contribution is 5.92. The van der Waals surface area contributed by atoms with E-state index < -0.39 is 29.2 Å². The zero-order valence-corrected chi connectivity index (χ0v) is 22.8. The summed E-state index contributed by atoms with van der Waals surface area (Å²) in [5.74, 6) is -3.91. The average Bonchev–Trinajstić information content (AvgIpc) is 3.29. The largest absolute Gasteiger partial charge is 0.478 e. The number of rotatable bonds is 9. The number of hydrogen-bond donors (Lipinski definition) is 1. The Labute approximate surface area is 242 Å². The second-order valence-corrected chi connectivity index (χ2v) is 10.3. The maximum Gasteiger partial charge on any atom is 0.335 e. The van der Waals surface area contributed by atoms with Crippen LogP contribution in [0.4, 0.5) is 17.6 Å². The molecule has 1 atom stereocenters. The maximum absolute atomic E-state index is 15.4. The Kier molecular flexibility index (Phi) is 7.53. The summed E-state index contributed by atoms with van der Waals surface area (Å²) in [5.41, 5.74) is 0.783. The molecule has 5 aromatic rings. The second kappa shape index (κ2) is 11.4. The summed E-state index contributed by atoms with van der Waals surface area (Å²) in [6.45, 7) is 2.40. The molecule has 0 unspecified atom stereocenters. The van der Waals surface area contributed by atoms with Gasteiger partial charge in [-0.25, -0.2) is 32.3 Å². The number of ether oxygens (including phenoxy) is 2. The fourth-order valence-electron chi connectivity index (χ4n) is 4.89. The number of carbonyl (C=O) groups is 1. The Bertz CT molecular complexity index is 1870. The minimum absolute atomic E-state index is 0.0495. The van der Waals surface area contributed by atoms with Gasteiger partial charge in [-0.15, -0.1) is 0 Å². The van der Waals surface area contributed by atoms with Crippen molar-refractivity contribution in [2.75, 3.05) is 6.61 Å². The van der Waals surface area contributed by atoms with Crippen molar-refractivity contribution in [1.29, 1.82) is 0 Å². The van der Waals surface area contributed by atoms with Crippen LogP contribution < -0.4 is 4.74 Å². The number of aromatic carboxylic acids is 1. The molecule has 0 aliphatic carbocycles. The van der Waals surface area contributed by atoms with E-state index in [9.17, 15) is 18.7 Å². The Hall–Kier alpha value is -4.84. The van der Waals surface area contributed by atoms with E-state index in [4.69, 9.17) is 9.47 Å². The summed E-state index contributed by atoms with van der Waals surface area (Å²) in [4.78, 5) is 24.0. The molecular formula is C31H24F4N4O4. The van der Waals surface area contributed by atoms with Crippen molar-refractivity contribution >= 4 is 17.0 Å². The number of imidazole rings is 1. The fourth-order valence-corrected chi connectivity index (χ4v) is 4.89. The number of aromatic nitrogens is 4. The van der Waals surface area contributed by atoms with E-state index in [1.807, 2.05) is 0 Å². The lowest BCUT2D eigenvalue weighted by molar-refractivity contribution is -0.0589. The molecule has 0 bridgehead atoms. The highest BCUT2D eigenvalue weighted by atomic mass is 19.1. The van der Waals surface area contributed by atoms with Crippen molar-refractivity contribution in [1.82, 2.24) is 19.5 Å². The van der Waals surface area contributed by atoms with Crippen LogP contribution in [0.25, 0.3) is 22.3 Å². The first kappa shape index (κ1) is 28.3. The molecule has 6 rings (SSSR count). The van der Waals surface area contributed by atoms with Gasteiger partial charge in [-0.05, 0) is 60.9 Å². The maximum atomic E-state index is 15.4. The lowest BCUT2D eigenvalue weighted by atomic mass is 10.0. The molecule has 8 nitrogen and oxygen atoms in total. The van der Waals surface area contributed by atoms with Crippen molar-refractivity contribution < 1.29 is 36.9 Å². The zero-order chi connectivity index (χ0) is 30.2. The number of hydrogen-bond acceptors (Lipinski definition) is 6. The van der Waals surface area contributed by atoms with Crippen molar-refractivity contribution in [2.24, 2.45) is 0 Å². The lowest BCUT2D eigenvalue weighted by Gasteiger charge is -2.27. The smallest absolute Gasteiger partial charge is 0.335 e. The highest BCUT2D eigenvalue weighted by Crippen LogP contribution is 2.29. The molecule has 220 valence electrons. The van der Waals surface area contributed by atoms with Crippen molar-refractivity contribution in [3.63, 3.8) is 0 Å². The Morgan fingerprint density at radius 1 is 1.00 bits per heavy atom. The van der Waals surface area contributed by atoms with Gasteiger partial charge in [-0.3, -0.25) is 0 Å². The number of nitrogens with zero attached hydrogens (tertiary/aromatic N) is 4. The fraction of sp³-hybridized carbons (Fsp3) is 0.226. The number of benzene rings is 3. The third-order valence-corrected chi connectivity index (χ3v) is 7.27. The topological polar surface area (TPSA) is 99.4 Å². The molecule has 3 aromatic carbocycles. The quantitative estimate of drug-likeness (QED) is 0.209. The summed E-state index contributed by atoms with van der Waals surface area (Å²) in [6, 6.07) is 10.1. The van der Waals surface area contributed by atoms with E-state index >= 15 is 8.78 Å². The van der Waals surface area contributed by atoms with Gasteiger partial charge in [0.1, 0.15) is 35.4 Å². The van der Waals surface area contributed by atoms with Crippen LogP contribution in [0, 0.1) is 30.2 Å². The van der Waals surface area contributed by atoms with Crippen LogP contribution in [-0.4, -0.2) is 43.3 Å². The van der Waals surface area contributed by atoms with Crippen LogP contribution in [0.15, 0.2) is 54.7 Å². The predicted octanol–water partition coefficient (Wildman–Crippen LogP) is 6.02. The van der Waals surface area contributed by atoms with Crippen molar-refractivity contribution in [3.8, 4) is 17.3 Å². The number of halogens is 4. The first-order chi connectivity index (χ1) is 20.7. The van der Waals surface area contributed by atoms with E-state index in [-0.39, 0.29) is 76.5 Å². The molecule has 0 spiro atoms. The lowest BCUT2D eigenvalue weighted by Crippen LogP contribution is -2.31. The minimum Gasteiger partial charge on any atom is -0.478 e. The van der Waals surface area contributed by atoms with Crippen molar-refractivity contribution in [2.45, 2.75) is 39.0 Å². The van der Waals surface area contributed by atoms with Gasteiger partial charge >= 0.3 is 12.0 Å². The molecule has 0 saturated carbocycles. The van der Waals surface area contributed by atoms with E-state index in [0.717, 1.165) is 30.2 Å². The second-order valence-electron chi connectivity index (χ2n) is 10.3. The van der Waals surface area contributed by atoms with Crippen LogP contribution in [0.1, 0.15) is 39.3 Å². The number of aryl methyl sites for hydroxylation is 1. The third kappa shape index (κ3) is 5.78. The van der Waals surface area contributed by atoms with E-state index in [2.05, 4.69) is 15.0 Å². The molecule has 3 heterocycles. The van der Waals surface area contributed by atoms with Gasteiger partial charge in [0, 0.05) is 30.4 Å². The molecule has 1 aliphatic rings. The van der Waals surface area contributed by atoms with Gasteiger partial charge in [0.15, 0.2) is 5.82 Å². The highest BCUT2D eigenvalue weighted by Gasteiger charge is 2.25. The van der Waals surface area contributed by atoms with Crippen LogP contribution >= 0.6 is 0 Å². The van der Waals surface area contributed by atoms with Gasteiger partial charge < -0.3 is 19.1 Å². The van der Waals surface area contributed by atoms with E-state index in [0.29, 0.717) is 6.61 Å². The van der Waals surface area contributed by atoms with Crippen LogP contribution in [0.3, 0.4) is 0 Å². The first-order valence-corrected chi connectivity index (χ1v) is 13.4. The molecule has 43 heavy (non-hydrogen) atoms. The number of carboxylic acids is 1. The molecule has 0 radical (unpaired) electrons. The molecule has 2 aromatic heterocycles. The summed E-state index contributed by atoms with van der Waals surface area (Å²) < 4.78 is 72.4. The van der Waals surface area contributed by atoms with Gasteiger partial charge in [0.05, 0.1) is 29.4 Å². The summed E-state index contributed by atoms with van der Waals surface area (Å²) in [7, 11) is 0. The first-order valence-electron chi connectivity index (χ1n) is 13.4. The molecule has 1 aliphatic heterocycles. The number of carboxylic acid groups (broad SMARTS) is 1. The van der Waals surface area contributed by atoms with Gasteiger partial charge in [-0.1, -0.05) is 12.1 Å². The molecule has 1 saturated heterocycles. The standard InChI is InChI=1S/C31H24F4N4O4/c1-16-2-3-17(22(32)8-16)15-43-31-36-6-4-26(37-31)21-13-23(33)18(9-24(21)34)12-28-38-29-25(35)10-19(30(40)41)11-27(29)39(28)14-20-5-7-42-20/h2-4,6,8-11,13,20H,5,7,12,14-15H2,1H3,(H,40,41)/t20-/m0/s1. The Morgan fingerprint density at radius 2 is 1.79 bits per heavy atom. The van der Waals surface area contributed by atoms with Crippen molar-refractivity contribution in [3.05, 3.63) is 106 Å². The zero-order valence-electron chi connectivity index (χ0n) is 22.8. The summed E-state index contributed by atoms with van der Waals surface area (Å²) >= 11 is 0. The Balaban J connectivity index is 1.29. The average molecular weight is 593 g/mol.